The van der Waals surface area contributed by atoms with Gasteiger partial charge in [-0.2, -0.15) is 0 Å². The molecule has 0 saturated heterocycles. The van der Waals surface area contributed by atoms with E-state index in [0.717, 1.165) is 32.3 Å². The molecule has 134 valence electrons. The molecule has 27 heavy (non-hydrogen) atoms. The van der Waals surface area contributed by atoms with E-state index in [2.05, 4.69) is 10.2 Å². The third kappa shape index (κ3) is 3.54. The molecule has 4 aromatic rings. The average molecular weight is 399 g/mol. The lowest BCUT2D eigenvalue weighted by atomic mass is 10.1. The lowest BCUT2D eigenvalue weighted by Crippen LogP contribution is -1.88. The molecule has 0 spiro atoms. The lowest BCUT2D eigenvalue weighted by Gasteiger charge is -2.07. The van der Waals surface area contributed by atoms with Crippen LogP contribution in [0, 0.1) is 10.7 Å². The molecule has 0 bridgehead atoms. The molecular weight excluding hydrogens is 387 g/mol. The first kappa shape index (κ1) is 17.6. The van der Waals surface area contributed by atoms with Crippen LogP contribution in [0.25, 0.3) is 20.7 Å². The Kier molecular flexibility index (Phi) is 4.83. The molecule has 0 fully saturated rings. The largest absolute Gasteiger partial charge is 0.453 e. The van der Waals surface area contributed by atoms with Crippen LogP contribution in [-0.2, 0) is 5.88 Å². The number of aromatic nitrogens is 1. The van der Waals surface area contributed by atoms with Crippen molar-refractivity contribution in [2.24, 2.45) is 5.18 Å². The molecule has 7 heteroatoms. The Hall–Kier alpha value is -2.83. The second-order valence-electron chi connectivity index (χ2n) is 5.77. The molecule has 2 aromatic heterocycles. The van der Waals surface area contributed by atoms with Gasteiger partial charge < -0.3 is 4.74 Å². The van der Waals surface area contributed by atoms with Crippen LogP contribution < -0.4 is 4.74 Å². The summed E-state index contributed by atoms with van der Waals surface area (Å²) in [4.78, 5) is 15.9. The molecule has 4 nitrogen and oxygen atoms in total. The van der Waals surface area contributed by atoms with Gasteiger partial charge in [-0.15, -0.1) is 27.8 Å². The number of thiophene rings is 1. The van der Waals surface area contributed by atoms with E-state index < -0.39 is 5.82 Å². The number of nitrogens with zero attached hydrogens (tertiary/aromatic N) is 2. The van der Waals surface area contributed by atoms with Gasteiger partial charge in [-0.1, -0.05) is 24.3 Å². The van der Waals surface area contributed by atoms with Crippen molar-refractivity contribution in [2.75, 3.05) is 0 Å². The highest BCUT2D eigenvalue weighted by atomic mass is 35.5. The van der Waals surface area contributed by atoms with Crippen LogP contribution in [0.5, 0.6) is 11.5 Å². The molecule has 2 aromatic carbocycles. The van der Waals surface area contributed by atoms with Crippen LogP contribution in [0.3, 0.4) is 0 Å². The zero-order chi connectivity index (χ0) is 18.8. The molecule has 0 N–H and O–H groups in total. The van der Waals surface area contributed by atoms with Crippen LogP contribution in [0.15, 0.2) is 66.0 Å². The highest BCUT2D eigenvalue weighted by Crippen LogP contribution is 2.39. The minimum atomic E-state index is -0.648. The Morgan fingerprint density at radius 3 is 2.59 bits per heavy atom. The van der Waals surface area contributed by atoms with E-state index in [-0.39, 0.29) is 11.4 Å². The second-order valence-corrected chi connectivity index (χ2v) is 7.09. The Morgan fingerprint density at radius 1 is 1.07 bits per heavy atom. The van der Waals surface area contributed by atoms with Gasteiger partial charge in [0, 0.05) is 29.1 Å². The standard InChI is InChI=1S/C20H12ClFN2O2S/c21-11-12-1-3-13(4-2-12)19-10-16-20(27-19)18(7-8-23-16)26-17-6-5-14(24-25)9-15(17)22/h1-10H,11H2. The summed E-state index contributed by atoms with van der Waals surface area (Å²) in [7, 11) is 0. The number of alkyl halides is 1. The van der Waals surface area contributed by atoms with Gasteiger partial charge in [-0.25, -0.2) is 4.39 Å². The number of hydrogen-bond donors (Lipinski definition) is 0. The maximum Gasteiger partial charge on any atom is 0.167 e. The van der Waals surface area contributed by atoms with Gasteiger partial charge in [0.2, 0.25) is 0 Å². The molecule has 0 aliphatic carbocycles. The Balaban J connectivity index is 1.71. The van der Waals surface area contributed by atoms with Gasteiger partial charge in [0.15, 0.2) is 11.6 Å². The molecule has 0 saturated carbocycles. The number of halogens is 2. The number of pyridine rings is 1. The number of ether oxygens (including phenoxy) is 1. The fourth-order valence-corrected chi connectivity index (χ4v) is 3.89. The molecule has 4 rings (SSSR count). The van der Waals surface area contributed by atoms with Crippen LogP contribution in [0.1, 0.15) is 5.56 Å². The fourth-order valence-electron chi connectivity index (χ4n) is 2.64. The second kappa shape index (κ2) is 7.42. The van der Waals surface area contributed by atoms with E-state index >= 15 is 0 Å². The summed E-state index contributed by atoms with van der Waals surface area (Å²) in [5.41, 5.74) is 2.87. The van der Waals surface area contributed by atoms with Gasteiger partial charge in [0.1, 0.15) is 11.4 Å². The predicted molar refractivity (Wildman–Crippen MR) is 107 cm³/mol. The highest BCUT2D eigenvalue weighted by Gasteiger charge is 2.13. The van der Waals surface area contributed by atoms with E-state index in [0.29, 0.717) is 11.6 Å². The summed E-state index contributed by atoms with van der Waals surface area (Å²) in [6.07, 6.45) is 1.62. The molecule has 0 amide bonds. The summed E-state index contributed by atoms with van der Waals surface area (Å²) >= 11 is 7.35. The Bertz CT molecular complexity index is 1130. The first-order chi connectivity index (χ1) is 13.2. The molecule has 2 heterocycles. The van der Waals surface area contributed by atoms with Crippen molar-refractivity contribution in [1.82, 2.24) is 4.98 Å². The summed E-state index contributed by atoms with van der Waals surface area (Å²) < 4.78 is 20.7. The number of benzene rings is 2. The van der Waals surface area contributed by atoms with Crippen molar-refractivity contribution in [1.29, 1.82) is 0 Å². The number of fused-ring (bicyclic) bond motifs is 1. The van der Waals surface area contributed by atoms with E-state index in [4.69, 9.17) is 16.3 Å². The van der Waals surface area contributed by atoms with Crippen molar-refractivity contribution in [3.63, 3.8) is 0 Å². The smallest absolute Gasteiger partial charge is 0.167 e. The minimum absolute atomic E-state index is 0.0125. The fraction of sp³-hybridized carbons (Fsp3) is 0.0500. The quantitative estimate of drug-likeness (QED) is 0.268. The Morgan fingerprint density at radius 2 is 1.89 bits per heavy atom. The predicted octanol–water partition coefficient (Wildman–Crippen LogP) is 7.03. The molecule has 0 atom stereocenters. The van der Waals surface area contributed by atoms with Gasteiger partial charge in [0.05, 0.1) is 10.2 Å². The highest BCUT2D eigenvalue weighted by molar-refractivity contribution is 7.22. The topological polar surface area (TPSA) is 51.5 Å². The van der Waals surface area contributed by atoms with Crippen molar-refractivity contribution in [2.45, 2.75) is 5.88 Å². The van der Waals surface area contributed by atoms with Gasteiger partial charge >= 0.3 is 0 Å². The van der Waals surface area contributed by atoms with E-state index in [1.165, 1.54) is 23.5 Å². The maximum absolute atomic E-state index is 14.1. The third-order valence-corrected chi connectivity index (χ3v) is 5.51. The van der Waals surface area contributed by atoms with E-state index in [1.54, 1.807) is 12.3 Å². The van der Waals surface area contributed by atoms with Crippen LogP contribution >= 0.6 is 22.9 Å². The van der Waals surface area contributed by atoms with E-state index in [9.17, 15) is 9.30 Å². The van der Waals surface area contributed by atoms with Crippen molar-refractivity contribution in [3.05, 3.63) is 77.1 Å². The van der Waals surface area contributed by atoms with Crippen LogP contribution in [-0.4, -0.2) is 4.98 Å². The Labute approximate surface area is 163 Å². The molecule has 0 unspecified atom stereocenters. The maximum atomic E-state index is 14.1. The molecule has 0 radical (unpaired) electrons. The molecule has 0 aliphatic heterocycles. The normalized spacial score (nSPS) is 10.9. The molecular formula is C20H12ClFN2O2S. The zero-order valence-corrected chi connectivity index (χ0v) is 15.4. The third-order valence-electron chi connectivity index (χ3n) is 4.01. The van der Waals surface area contributed by atoms with Gasteiger partial charge in [-0.3, -0.25) is 4.98 Å². The van der Waals surface area contributed by atoms with Gasteiger partial charge in [-0.05, 0) is 34.5 Å². The zero-order valence-electron chi connectivity index (χ0n) is 13.9. The van der Waals surface area contributed by atoms with Gasteiger partial charge in [0.25, 0.3) is 0 Å². The average Bonchev–Trinajstić information content (AvgIpc) is 3.15. The number of nitroso groups, excluding NO2 is 1. The monoisotopic (exact) mass is 398 g/mol. The van der Waals surface area contributed by atoms with Crippen LogP contribution in [0.4, 0.5) is 10.1 Å². The summed E-state index contributed by atoms with van der Waals surface area (Å²) in [6, 6.07) is 15.5. The number of hydrogen-bond acceptors (Lipinski definition) is 5. The first-order valence-corrected chi connectivity index (χ1v) is 9.37. The lowest BCUT2D eigenvalue weighted by molar-refractivity contribution is 0.447. The van der Waals surface area contributed by atoms with Crippen molar-refractivity contribution in [3.8, 4) is 21.9 Å². The van der Waals surface area contributed by atoms with Crippen LogP contribution in [0.2, 0.25) is 0 Å². The summed E-state index contributed by atoms with van der Waals surface area (Å²) in [6.45, 7) is 0. The first-order valence-electron chi connectivity index (χ1n) is 8.02. The summed E-state index contributed by atoms with van der Waals surface area (Å²) in [5.74, 6) is 0.345. The minimum Gasteiger partial charge on any atom is -0.453 e. The van der Waals surface area contributed by atoms with E-state index in [1.807, 2.05) is 30.3 Å². The summed E-state index contributed by atoms with van der Waals surface area (Å²) in [5, 5.41) is 2.72. The SMILES string of the molecule is O=Nc1ccc(Oc2ccnc3cc(-c4ccc(CCl)cc4)sc23)c(F)c1. The van der Waals surface area contributed by atoms with Crippen molar-refractivity contribution >= 4 is 38.8 Å². The number of rotatable bonds is 5. The molecule has 0 aliphatic rings. The van der Waals surface area contributed by atoms with Crippen molar-refractivity contribution < 1.29 is 9.13 Å².